The molecule has 0 atom stereocenters. The monoisotopic (exact) mass is 288 g/mol. The van der Waals surface area contributed by atoms with Crippen LogP contribution in [0.25, 0.3) is 0 Å². The van der Waals surface area contributed by atoms with E-state index in [9.17, 15) is 9.18 Å². The number of Topliss-reactive ketones (excluding diaryl/α,β-unsaturated/α-hetero) is 1. The first-order valence-corrected chi connectivity index (χ1v) is 7.15. The molecule has 0 saturated heterocycles. The van der Waals surface area contributed by atoms with Gasteiger partial charge in [0.15, 0.2) is 0 Å². The topological polar surface area (TPSA) is 34.9 Å². The van der Waals surface area contributed by atoms with Crippen LogP contribution in [0.5, 0.6) is 0 Å². The van der Waals surface area contributed by atoms with Gasteiger partial charge in [-0.2, -0.15) is 5.10 Å². The molecule has 2 rings (SSSR count). The second kappa shape index (κ2) is 5.80. The van der Waals surface area contributed by atoms with E-state index in [-0.39, 0.29) is 11.6 Å². The van der Waals surface area contributed by atoms with Gasteiger partial charge in [-0.05, 0) is 44.0 Å². The van der Waals surface area contributed by atoms with E-state index in [0.717, 1.165) is 23.4 Å². The lowest BCUT2D eigenvalue weighted by atomic mass is 9.79. The molecule has 0 radical (unpaired) electrons. The standard InChI is InChI=1S/C17H21FN2O/c1-5-14-10-15(20(4)19-14)11-16(21)17(2,3)12-6-8-13(18)9-7-12/h6-10H,5,11H2,1-4H3. The van der Waals surface area contributed by atoms with E-state index < -0.39 is 5.41 Å². The number of hydrogen-bond donors (Lipinski definition) is 0. The van der Waals surface area contributed by atoms with Gasteiger partial charge in [0.05, 0.1) is 5.69 Å². The van der Waals surface area contributed by atoms with Gasteiger partial charge in [0.1, 0.15) is 11.6 Å². The number of carbonyl (C=O) groups excluding carboxylic acids is 1. The van der Waals surface area contributed by atoms with Gasteiger partial charge < -0.3 is 0 Å². The number of ketones is 1. The minimum Gasteiger partial charge on any atom is -0.298 e. The maximum absolute atomic E-state index is 13.0. The Balaban J connectivity index is 2.21. The van der Waals surface area contributed by atoms with Crippen LogP contribution in [0.2, 0.25) is 0 Å². The Morgan fingerprint density at radius 2 is 1.90 bits per heavy atom. The molecule has 21 heavy (non-hydrogen) atoms. The van der Waals surface area contributed by atoms with Crippen molar-refractivity contribution in [3.63, 3.8) is 0 Å². The van der Waals surface area contributed by atoms with Crippen molar-refractivity contribution in [2.75, 3.05) is 0 Å². The van der Waals surface area contributed by atoms with Crippen LogP contribution in [0, 0.1) is 5.82 Å². The van der Waals surface area contributed by atoms with Crippen molar-refractivity contribution in [3.05, 3.63) is 53.1 Å². The molecule has 112 valence electrons. The Bertz CT molecular complexity index is 641. The van der Waals surface area contributed by atoms with Gasteiger partial charge in [-0.3, -0.25) is 9.48 Å². The molecule has 0 N–H and O–H groups in total. The Hall–Kier alpha value is -1.97. The van der Waals surface area contributed by atoms with Gasteiger partial charge in [-0.1, -0.05) is 19.1 Å². The van der Waals surface area contributed by atoms with Crippen molar-refractivity contribution in [2.45, 2.75) is 39.0 Å². The molecule has 4 heteroatoms. The maximum Gasteiger partial charge on any atom is 0.148 e. The summed E-state index contributed by atoms with van der Waals surface area (Å²) in [6.07, 6.45) is 1.18. The molecule has 0 bridgehead atoms. The van der Waals surface area contributed by atoms with E-state index in [1.165, 1.54) is 12.1 Å². The summed E-state index contributed by atoms with van der Waals surface area (Å²) in [4.78, 5) is 12.6. The summed E-state index contributed by atoms with van der Waals surface area (Å²) < 4.78 is 14.8. The molecule has 0 aliphatic rings. The van der Waals surface area contributed by atoms with E-state index >= 15 is 0 Å². The Labute approximate surface area is 124 Å². The van der Waals surface area contributed by atoms with E-state index in [2.05, 4.69) is 5.10 Å². The second-order valence-corrected chi connectivity index (χ2v) is 5.84. The van der Waals surface area contributed by atoms with Gasteiger partial charge in [0.25, 0.3) is 0 Å². The average molecular weight is 288 g/mol. The molecule has 0 saturated carbocycles. The van der Waals surface area contributed by atoms with Crippen LogP contribution in [0.15, 0.2) is 30.3 Å². The molecule has 1 aromatic heterocycles. The van der Waals surface area contributed by atoms with Gasteiger partial charge in [-0.15, -0.1) is 0 Å². The molecular weight excluding hydrogens is 267 g/mol. The SMILES string of the molecule is CCc1cc(CC(=O)C(C)(C)c2ccc(F)cc2)n(C)n1. The number of aryl methyl sites for hydroxylation is 2. The van der Waals surface area contributed by atoms with E-state index in [4.69, 9.17) is 0 Å². The van der Waals surface area contributed by atoms with E-state index in [0.29, 0.717) is 6.42 Å². The maximum atomic E-state index is 13.0. The number of benzene rings is 1. The summed E-state index contributed by atoms with van der Waals surface area (Å²) in [5, 5.41) is 4.36. The van der Waals surface area contributed by atoms with Crippen molar-refractivity contribution in [3.8, 4) is 0 Å². The summed E-state index contributed by atoms with van der Waals surface area (Å²) >= 11 is 0. The molecule has 1 aromatic carbocycles. The van der Waals surface area contributed by atoms with Crippen molar-refractivity contribution < 1.29 is 9.18 Å². The van der Waals surface area contributed by atoms with Crippen LogP contribution in [-0.2, 0) is 30.1 Å². The smallest absolute Gasteiger partial charge is 0.148 e. The van der Waals surface area contributed by atoms with Crippen LogP contribution >= 0.6 is 0 Å². The molecule has 0 spiro atoms. The third-order valence-corrected chi connectivity index (χ3v) is 3.99. The molecule has 0 aliphatic carbocycles. The van der Waals surface area contributed by atoms with Gasteiger partial charge in [-0.25, -0.2) is 4.39 Å². The zero-order valence-corrected chi connectivity index (χ0v) is 13.0. The van der Waals surface area contributed by atoms with Crippen LogP contribution in [0.4, 0.5) is 4.39 Å². The predicted octanol–water partition coefficient (Wildman–Crippen LogP) is 3.21. The lowest BCUT2D eigenvalue weighted by molar-refractivity contribution is -0.122. The highest BCUT2D eigenvalue weighted by Gasteiger charge is 2.30. The minimum absolute atomic E-state index is 0.0970. The van der Waals surface area contributed by atoms with E-state index in [1.807, 2.05) is 33.9 Å². The first-order chi connectivity index (χ1) is 9.84. The first kappa shape index (κ1) is 15.4. The number of carbonyl (C=O) groups is 1. The predicted molar refractivity (Wildman–Crippen MR) is 80.7 cm³/mol. The summed E-state index contributed by atoms with van der Waals surface area (Å²) in [5.74, 6) is -0.194. The lowest BCUT2D eigenvalue weighted by Crippen LogP contribution is -2.31. The molecule has 0 fully saturated rings. The van der Waals surface area contributed by atoms with Gasteiger partial charge in [0.2, 0.25) is 0 Å². The highest BCUT2D eigenvalue weighted by molar-refractivity contribution is 5.90. The third-order valence-electron chi connectivity index (χ3n) is 3.99. The van der Waals surface area contributed by atoms with Gasteiger partial charge in [0, 0.05) is 24.6 Å². The summed E-state index contributed by atoms with van der Waals surface area (Å²) in [6, 6.07) is 8.10. The zero-order valence-electron chi connectivity index (χ0n) is 13.0. The Morgan fingerprint density at radius 1 is 1.29 bits per heavy atom. The summed E-state index contributed by atoms with van der Waals surface area (Å²) in [6.45, 7) is 5.79. The molecule has 0 aliphatic heterocycles. The number of halogens is 1. The fourth-order valence-corrected chi connectivity index (χ4v) is 2.32. The number of aromatic nitrogens is 2. The first-order valence-electron chi connectivity index (χ1n) is 7.15. The van der Waals surface area contributed by atoms with Crippen LogP contribution in [0.3, 0.4) is 0 Å². The van der Waals surface area contributed by atoms with Crippen LogP contribution in [-0.4, -0.2) is 15.6 Å². The molecule has 2 aromatic rings. The van der Waals surface area contributed by atoms with E-state index in [1.54, 1.807) is 16.8 Å². The number of nitrogens with zero attached hydrogens (tertiary/aromatic N) is 2. The number of rotatable bonds is 5. The largest absolute Gasteiger partial charge is 0.298 e. The molecule has 0 amide bonds. The average Bonchev–Trinajstić information content (AvgIpc) is 2.80. The van der Waals surface area contributed by atoms with Crippen LogP contribution in [0.1, 0.15) is 37.7 Å². The number of hydrogen-bond acceptors (Lipinski definition) is 2. The van der Waals surface area contributed by atoms with Crippen molar-refractivity contribution in [2.24, 2.45) is 7.05 Å². The fourth-order valence-electron chi connectivity index (χ4n) is 2.32. The zero-order chi connectivity index (χ0) is 15.6. The molecular formula is C17H21FN2O. The highest BCUT2D eigenvalue weighted by atomic mass is 19.1. The summed E-state index contributed by atoms with van der Waals surface area (Å²) in [5.41, 5.74) is 2.07. The lowest BCUT2D eigenvalue weighted by Gasteiger charge is -2.23. The van der Waals surface area contributed by atoms with Gasteiger partial charge >= 0.3 is 0 Å². The second-order valence-electron chi connectivity index (χ2n) is 5.84. The fraction of sp³-hybridized carbons (Fsp3) is 0.412. The Kier molecular flexibility index (Phi) is 4.26. The van der Waals surface area contributed by atoms with Crippen molar-refractivity contribution in [1.82, 2.24) is 9.78 Å². The Morgan fingerprint density at radius 3 is 2.43 bits per heavy atom. The molecule has 3 nitrogen and oxygen atoms in total. The molecule has 1 heterocycles. The summed E-state index contributed by atoms with van der Waals surface area (Å²) in [7, 11) is 1.85. The van der Waals surface area contributed by atoms with Crippen molar-refractivity contribution in [1.29, 1.82) is 0 Å². The molecule has 0 unspecified atom stereocenters. The normalized spacial score (nSPS) is 11.7. The highest BCUT2D eigenvalue weighted by Crippen LogP contribution is 2.26. The van der Waals surface area contributed by atoms with Crippen molar-refractivity contribution >= 4 is 5.78 Å². The minimum atomic E-state index is -0.648. The van der Waals surface area contributed by atoms with Crippen LogP contribution < -0.4 is 0 Å². The quantitative estimate of drug-likeness (QED) is 0.846. The third kappa shape index (κ3) is 3.20.